The predicted molar refractivity (Wildman–Crippen MR) is 142 cm³/mol. The largest absolute Gasteiger partial charge is 0.497 e. The number of fused-ring (bicyclic) bond motifs is 3. The molecule has 0 N–H and O–H groups in total. The molecule has 2 aliphatic heterocycles. The maximum absolute atomic E-state index is 13.3. The molecule has 0 radical (unpaired) electrons. The molecule has 0 fully saturated rings. The van der Waals surface area contributed by atoms with Crippen LogP contribution in [0.4, 0.5) is 0 Å². The van der Waals surface area contributed by atoms with Crippen molar-refractivity contribution in [3.05, 3.63) is 76.9 Å². The van der Waals surface area contributed by atoms with Crippen LogP contribution >= 0.6 is 0 Å². The highest BCUT2D eigenvalue weighted by Crippen LogP contribution is 2.44. The number of hydrogen-bond donors (Lipinski definition) is 0. The van der Waals surface area contributed by atoms with E-state index in [0.29, 0.717) is 11.3 Å². The lowest BCUT2D eigenvalue weighted by atomic mass is 9.95. The van der Waals surface area contributed by atoms with Crippen LogP contribution in [0, 0.1) is 5.92 Å². The minimum Gasteiger partial charge on any atom is -0.497 e. The molecule has 0 bridgehead atoms. The summed E-state index contributed by atoms with van der Waals surface area (Å²) in [5, 5.41) is -0.778. The normalized spacial score (nSPS) is 21.8. The second-order valence-corrected chi connectivity index (χ2v) is 11.6. The van der Waals surface area contributed by atoms with E-state index < -0.39 is 15.4 Å². The Bertz CT molecular complexity index is 1440. The highest BCUT2D eigenvalue weighted by Gasteiger charge is 2.33. The fourth-order valence-corrected chi connectivity index (χ4v) is 6.12. The summed E-state index contributed by atoms with van der Waals surface area (Å²) < 4.78 is 50.0. The van der Waals surface area contributed by atoms with Crippen LogP contribution in [0.15, 0.2) is 60.2 Å². The second-order valence-electron chi connectivity index (χ2n) is 9.92. The van der Waals surface area contributed by atoms with E-state index in [2.05, 4.69) is 0 Å². The maximum atomic E-state index is 13.3. The molecule has 0 saturated carbocycles. The molecule has 0 spiro atoms. The smallest absolute Gasteiger partial charge is 0.316 e. The Morgan fingerprint density at radius 1 is 1.11 bits per heavy atom. The van der Waals surface area contributed by atoms with E-state index in [1.54, 1.807) is 24.3 Å². The molecular weight excluding hydrogens is 476 g/mol. The molecule has 0 amide bonds. The van der Waals surface area contributed by atoms with E-state index in [4.69, 9.17) is 18.4 Å². The Balaban J connectivity index is 1.51. The fourth-order valence-electron chi connectivity index (χ4n) is 4.75. The Labute approximate surface area is 212 Å². The third-order valence-electron chi connectivity index (χ3n) is 6.58. The molecule has 0 aromatic heterocycles. The number of allylic oxidation sites excluding steroid dienone is 3. The number of benzene rings is 2. The lowest BCUT2D eigenvalue weighted by molar-refractivity contribution is 0.158. The van der Waals surface area contributed by atoms with E-state index in [9.17, 15) is 8.42 Å². The van der Waals surface area contributed by atoms with Crippen molar-refractivity contribution in [1.29, 1.82) is 0 Å². The van der Waals surface area contributed by atoms with Gasteiger partial charge in [-0.25, -0.2) is 0 Å². The van der Waals surface area contributed by atoms with Gasteiger partial charge in [-0.05, 0) is 69.2 Å². The molecule has 1 aliphatic carbocycles. The van der Waals surface area contributed by atoms with Crippen molar-refractivity contribution in [2.24, 2.45) is 5.92 Å². The molecule has 2 aromatic carbocycles. The highest BCUT2D eigenvalue weighted by atomic mass is 32.2. The van der Waals surface area contributed by atoms with E-state index in [1.165, 1.54) is 7.11 Å². The molecule has 7 heteroatoms. The van der Waals surface area contributed by atoms with Gasteiger partial charge in [-0.2, -0.15) is 8.42 Å². The lowest BCUT2D eigenvalue weighted by Gasteiger charge is -2.30. The molecule has 6 nitrogen and oxygen atoms in total. The number of ether oxygens (including phenoxy) is 3. The Hall–Kier alpha value is -3.45. The zero-order valence-corrected chi connectivity index (χ0v) is 21.9. The average Bonchev–Trinajstić information content (AvgIpc) is 2.82. The minimum absolute atomic E-state index is 0.204. The van der Waals surface area contributed by atoms with Crippen LogP contribution in [0.5, 0.6) is 23.0 Å². The van der Waals surface area contributed by atoms with Crippen LogP contribution in [0.1, 0.15) is 44.4 Å². The second kappa shape index (κ2) is 8.89. The molecule has 2 unspecified atom stereocenters. The van der Waals surface area contributed by atoms with Gasteiger partial charge in [0.15, 0.2) is 5.75 Å². The first-order valence-corrected chi connectivity index (χ1v) is 13.4. The van der Waals surface area contributed by atoms with Crippen LogP contribution in [-0.4, -0.2) is 33.0 Å². The molecule has 2 aromatic rings. The van der Waals surface area contributed by atoms with Gasteiger partial charge in [-0.3, -0.25) is 0 Å². The molecule has 2 heterocycles. The van der Waals surface area contributed by atoms with Gasteiger partial charge in [0.25, 0.3) is 0 Å². The number of rotatable bonds is 5. The van der Waals surface area contributed by atoms with Crippen LogP contribution in [0.3, 0.4) is 0 Å². The summed E-state index contributed by atoms with van der Waals surface area (Å²) in [6.07, 6.45) is 11.5. The summed E-state index contributed by atoms with van der Waals surface area (Å²) >= 11 is 0. The summed E-state index contributed by atoms with van der Waals surface area (Å²) in [6.45, 7) is 8.09. The van der Waals surface area contributed by atoms with Gasteiger partial charge in [0.1, 0.15) is 34.7 Å². The van der Waals surface area contributed by atoms with Crippen molar-refractivity contribution in [3.63, 3.8) is 0 Å². The lowest BCUT2D eigenvalue weighted by Crippen LogP contribution is -2.31. The topological polar surface area (TPSA) is 71.1 Å². The summed E-state index contributed by atoms with van der Waals surface area (Å²) in [7, 11) is -2.43. The van der Waals surface area contributed by atoms with E-state index >= 15 is 0 Å². The number of methoxy groups -OCH3 is 1. The van der Waals surface area contributed by atoms with Crippen LogP contribution in [0.2, 0.25) is 0 Å². The quantitative estimate of drug-likeness (QED) is 0.461. The predicted octanol–water partition coefficient (Wildman–Crippen LogP) is 6.04. The molecule has 188 valence electrons. The molecule has 3 aliphatic rings. The standard InChI is InChI=1S/C29H30O6S/c1-18-6-11-27(19(2)14-18)36(30,31)35-26-16-22(32-5)8-9-23(26)21-15-20-7-10-25-24(28(20)33-17-21)12-13-29(3,4)34-25/h6-16,19,27H,17H2,1-5H3. The van der Waals surface area contributed by atoms with Crippen molar-refractivity contribution in [2.45, 2.75) is 38.5 Å². The molecule has 0 saturated heterocycles. The van der Waals surface area contributed by atoms with Gasteiger partial charge in [-0.15, -0.1) is 0 Å². The van der Waals surface area contributed by atoms with E-state index in [-0.39, 0.29) is 23.9 Å². The van der Waals surface area contributed by atoms with Gasteiger partial charge in [0, 0.05) is 22.8 Å². The molecule has 5 rings (SSSR count). The molecule has 2 atom stereocenters. The van der Waals surface area contributed by atoms with Crippen molar-refractivity contribution in [2.75, 3.05) is 13.7 Å². The molecular formula is C29H30O6S. The Kier molecular flexibility index (Phi) is 5.99. The molecule has 36 heavy (non-hydrogen) atoms. The zero-order valence-electron chi connectivity index (χ0n) is 21.1. The zero-order chi connectivity index (χ0) is 25.7. The van der Waals surface area contributed by atoms with Gasteiger partial charge in [0.2, 0.25) is 0 Å². The Morgan fingerprint density at radius 3 is 2.67 bits per heavy atom. The average molecular weight is 507 g/mol. The third kappa shape index (κ3) is 4.55. The first-order chi connectivity index (χ1) is 17.1. The number of hydrogen-bond acceptors (Lipinski definition) is 6. The van der Waals surface area contributed by atoms with Gasteiger partial charge in [-0.1, -0.05) is 30.7 Å². The highest BCUT2D eigenvalue weighted by molar-refractivity contribution is 7.87. The summed E-state index contributed by atoms with van der Waals surface area (Å²) in [6, 6.07) is 9.08. The summed E-state index contributed by atoms with van der Waals surface area (Å²) in [5.41, 5.74) is 3.88. The van der Waals surface area contributed by atoms with Crippen molar-refractivity contribution in [1.82, 2.24) is 0 Å². The van der Waals surface area contributed by atoms with Crippen LogP contribution in [0.25, 0.3) is 17.7 Å². The minimum atomic E-state index is -3.96. The summed E-state index contributed by atoms with van der Waals surface area (Å²) in [4.78, 5) is 0. The van der Waals surface area contributed by atoms with Gasteiger partial charge < -0.3 is 18.4 Å². The first-order valence-electron chi connectivity index (χ1n) is 11.9. The van der Waals surface area contributed by atoms with E-state index in [0.717, 1.165) is 33.8 Å². The third-order valence-corrected chi connectivity index (χ3v) is 8.24. The van der Waals surface area contributed by atoms with Crippen LogP contribution < -0.4 is 18.4 Å². The first kappa shape index (κ1) is 24.3. The van der Waals surface area contributed by atoms with Crippen molar-refractivity contribution < 1.29 is 26.8 Å². The fraction of sp³-hybridized carbons (Fsp3) is 0.310. The summed E-state index contributed by atoms with van der Waals surface area (Å²) in [5.74, 6) is 2.03. The SMILES string of the molecule is COc1ccc(C2=Cc3ccc4c(c3OC2)C=CC(C)(C)O4)c(OS(=O)(=O)C2C=CC(C)=CC2C)c1. The monoisotopic (exact) mass is 506 g/mol. The van der Waals surface area contributed by atoms with Gasteiger partial charge >= 0.3 is 10.1 Å². The van der Waals surface area contributed by atoms with Crippen LogP contribution in [-0.2, 0) is 10.1 Å². The van der Waals surface area contributed by atoms with Crippen molar-refractivity contribution >= 4 is 27.8 Å². The van der Waals surface area contributed by atoms with Crippen molar-refractivity contribution in [3.8, 4) is 23.0 Å². The van der Waals surface area contributed by atoms with Gasteiger partial charge in [0.05, 0.1) is 12.7 Å². The maximum Gasteiger partial charge on any atom is 0.316 e. The Morgan fingerprint density at radius 2 is 1.92 bits per heavy atom. The van der Waals surface area contributed by atoms with E-state index in [1.807, 2.05) is 70.2 Å².